The number of anilines is 3. The Morgan fingerprint density at radius 2 is 1.74 bits per heavy atom. The van der Waals surface area contributed by atoms with Gasteiger partial charge in [-0.15, -0.1) is 0 Å². The molecule has 0 saturated carbocycles. The van der Waals surface area contributed by atoms with Crippen LogP contribution in [0, 0.1) is 11.6 Å². The maximum atomic E-state index is 16.0. The summed E-state index contributed by atoms with van der Waals surface area (Å²) < 4.78 is 63.8. The maximum Gasteiger partial charge on any atom is 0.416 e. The van der Waals surface area contributed by atoms with Gasteiger partial charge in [-0.2, -0.15) is 0 Å². The predicted molar refractivity (Wildman–Crippen MR) is 141 cm³/mol. The van der Waals surface area contributed by atoms with Gasteiger partial charge >= 0.3 is 6.09 Å². The average Bonchev–Trinajstić information content (AvgIpc) is 2.85. The minimum absolute atomic E-state index is 0.0208. The predicted octanol–water partition coefficient (Wildman–Crippen LogP) is 5.99. The number of sulfonamides is 1. The van der Waals surface area contributed by atoms with Crippen molar-refractivity contribution >= 4 is 39.6 Å². The van der Waals surface area contributed by atoms with Gasteiger partial charge in [0.15, 0.2) is 12.1 Å². The number of para-hydroxylation sites is 1. The second-order valence-corrected chi connectivity index (χ2v) is 11.3. The van der Waals surface area contributed by atoms with E-state index in [0.29, 0.717) is 6.29 Å². The monoisotopic (exact) mass is 545 g/mol. The highest BCUT2D eigenvalue weighted by molar-refractivity contribution is 7.93. The van der Waals surface area contributed by atoms with Gasteiger partial charge in [-0.3, -0.25) is 9.69 Å². The molecule has 2 aromatic carbocycles. The maximum absolute atomic E-state index is 16.0. The number of carbonyl (C=O) groups excluding carboxylic acids is 2. The van der Waals surface area contributed by atoms with Crippen LogP contribution in [-0.4, -0.2) is 37.1 Å². The van der Waals surface area contributed by atoms with Crippen molar-refractivity contribution in [2.24, 2.45) is 0 Å². The summed E-state index contributed by atoms with van der Waals surface area (Å²) in [7, 11) is -4.04. The van der Waals surface area contributed by atoms with E-state index in [-0.39, 0.29) is 29.2 Å². The van der Waals surface area contributed by atoms with Crippen molar-refractivity contribution in [3.05, 3.63) is 83.6 Å². The summed E-state index contributed by atoms with van der Waals surface area (Å²) in [4.78, 5) is 29.1. The van der Waals surface area contributed by atoms with Gasteiger partial charge in [0, 0.05) is 17.3 Å². The summed E-state index contributed by atoms with van der Waals surface area (Å²) >= 11 is 0. The molecular weight excluding hydrogens is 516 g/mol. The molecule has 11 heteroatoms. The molecule has 0 unspecified atom stereocenters. The molecule has 8 nitrogen and oxygen atoms in total. The van der Waals surface area contributed by atoms with E-state index >= 15 is 8.78 Å². The van der Waals surface area contributed by atoms with Crippen LogP contribution in [0.4, 0.5) is 30.8 Å². The second kappa shape index (κ2) is 11.7. The first-order valence-electron chi connectivity index (χ1n) is 11.8. The molecule has 0 atom stereocenters. The topological polar surface area (TPSA) is 96.9 Å². The van der Waals surface area contributed by atoms with Crippen molar-refractivity contribution in [1.82, 2.24) is 4.98 Å². The molecule has 0 bridgehead atoms. The van der Waals surface area contributed by atoms with Crippen LogP contribution >= 0.6 is 0 Å². The van der Waals surface area contributed by atoms with Crippen molar-refractivity contribution < 1.29 is 31.5 Å². The highest BCUT2D eigenvalue weighted by atomic mass is 32.2. The fourth-order valence-corrected chi connectivity index (χ4v) is 5.17. The molecule has 3 aromatic rings. The smallest absolute Gasteiger partial charge is 0.416 e. The molecule has 202 valence electrons. The van der Waals surface area contributed by atoms with Crippen molar-refractivity contribution in [3.8, 4) is 0 Å². The summed E-state index contributed by atoms with van der Waals surface area (Å²) in [6.45, 7) is 5.90. The first kappa shape index (κ1) is 28.7. The Bertz CT molecular complexity index is 1390. The number of aromatic nitrogens is 1. The summed E-state index contributed by atoms with van der Waals surface area (Å²) in [5, 5.41) is 0. The van der Waals surface area contributed by atoms with Crippen molar-refractivity contribution in [3.63, 3.8) is 0 Å². The zero-order chi connectivity index (χ0) is 28.1. The Morgan fingerprint density at radius 1 is 1.05 bits per heavy atom. The molecule has 0 radical (unpaired) electrons. The molecule has 1 heterocycles. The average molecular weight is 546 g/mol. The SMILES string of the molecule is CCCS(=O)(=O)N(c1ccccc1)c1ccc(F)c(CN(C(=O)OC(C)(C)C)c2ccc(C=O)cn2)c1F. The highest BCUT2D eigenvalue weighted by Gasteiger charge is 2.31. The van der Waals surface area contributed by atoms with Gasteiger partial charge < -0.3 is 4.74 Å². The lowest BCUT2D eigenvalue weighted by molar-refractivity contribution is 0.0575. The van der Waals surface area contributed by atoms with Crippen molar-refractivity contribution in [2.45, 2.75) is 46.3 Å². The van der Waals surface area contributed by atoms with Crippen LogP contribution in [0.3, 0.4) is 0 Å². The van der Waals surface area contributed by atoms with E-state index < -0.39 is 51.1 Å². The van der Waals surface area contributed by atoms with Crippen LogP contribution in [0.15, 0.2) is 60.8 Å². The van der Waals surface area contributed by atoms with Crippen LogP contribution in [0.2, 0.25) is 0 Å². The normalized spacial score (nSPS) is 11.6. The molecule has 1 aromatic heterocycles. The van der Waals surface area contributed by atoms with Gasteiger partial charge in [-0.1, -0.05) is 25.1 Å². The zero-order valence-electron chi connectivity index (χ0n) is 21.5. The Labute approximate surface area is 220 Å². The van der Waals surface area contributed by atoms with E-state index in [1.54, 1.807) is 45.9 Å². The number of hydrogen-bond donors (Lipinski definition) is 0. The van der Waals surface area contributed by atoms with Crippen molar-refractivity contribution in [1.29, 1.82) is 0 Å². The molecule has 0 aliphatic rings. The minimum atomic E-state index is -4.04. The quantitative estimate of drug-likeness (QED) is 0.306. The molecule has 0 saturated heterocycles. The molecule has 38 heavy (non-hydrogen) atoms. The standard InChI is InChI=1S/C27H29F2N3O5S/c1-5-15-38(35,36)32(20-9-7-6-8-10-20)23-13-12-22(28)21(25(23)29)17-31(26(34)37-27(2,3)4)24-14-11-19(18-33)16-30-24/h6-14,16,18H,5,15,17H2,1-4H3. The van der Waals surface area contributed by atoms with E-state index in [1.807, 2.05) is 0 Å². The largest absolute Gasteiger partial charge is 0.443 e. The first-order chi connectivity index (χ1) is 17.9. The fraction of sp³-hybridized carbons (Fsp3) is 0.296. The van der Waals surface area contributed by atoms with E-state index in [0.717, 1.165) is 21.3 Å². The lowest BCUT2D eigenvalue weighted by atomic mass is 10.1. The molecule has 0 N–H and O–H groups in total. The number of aldehydes is 1. The Kier molecular flexibility index (Phi) is 8.82. The van der Waals surface area contributed by atoms with Gasteiger partial charge in [0.25, 0.3) is 0 Å². The number of rotatable bonds is 9. The van der Waals surface area contributed by atoms with Gasteiger partial charge in [0.1, 0.15) is 17.2 Å². The van der Waals surface area contributed by atoms with E-state index in [2.05, 4.69) is 4.98 Å². The number of pyridine rings is 1. The van der Waals surface area contributed by atoms with Crippen LogP contribution in [-0.2, 0) is 21.3 Å². The van der Waals surface area contributed by atoms with Gasteiger partial charge in [-0.25, -0.2) is 31.3 Å². The molecule has 1 amide bonds. The third-order valence-corrected chi connectivity index (χ3v) is 7.12. The van der Waals surface area contributed by atoms with Crippen LogP contribution in [0.1, 0.15) is 50.0 Å². The number of benzene rings is 2. The highest BCUT2D eigenvalue weighted by Crippen LogP contribution is 2.35. The molecule has 0 aliphatic carbocycles. The summed E-state index contributed by atoms with van der Waals surface area (Å²) in [6, 6.07) is 12.6. The lowest BCUT2D eigenvalue weighted by Gasteiger charge is -2.28. The second-order valence-electron chi connectivity index (χ2n) is 9.41. The van der Waals surface area contributed by atoms with E-state index in [1.165, 1.54) is 30.5 Å². The van der Waals surface area contributed by atoms with E-state index in [9.17, 15) is 18.0 Å². The summed E-state index contributed by atoms with van der Waals surface area (Å²) in [5.41, 5.74) is -1.49. The summed E-state index contributed by atoms with van der Waals surface area (Å²) in [5.74, 6) is -2.45. The van der Waals surface area contributed by atoms with Gasteiger partial charge in [0.2, 0.25) is 10.0 Å². The number of halogens is 2. The zero-order valence-corrected chi connectivity index (χ0v) is 22.3. The molecule has 3 rings (SSSR count). The number of ether oxygens (including phenoxy) is 1. The Hall–Kier alpha value is -3.86. The van der Waals surface area contributed by atoms with Crippen LogP contribution in [0.25, 0.3) is 0 Å². The molecule has 0 aliphatic heterocycles. The molecule has 0 fully saturated rings. The molecular formula is C27H29F2N3O5S. The third kappa shape index (κ3) is 6.71. The fourth-order valence-electron chi connectivity index (χ4n) is 3.59. The first-order valence-corrected chi connectivity index (χ1v) is 13.5. The Morgan fingerprint density at radius 3 is 2.29 bits per heavy atom. The minimum Gasteiger partial charge on any atom is -0.443 e. The number of carbonyl (C=O) groups is 2. The van der Waals surface area contributed by atoms with E-state index in [4.69, 9.17) is 4.74 Å². The van der Waals surface area contributed by atoms with Crippen LogP contribution < -0.4 is 9.21 Å². The number of hydrogen-bond acceptors (Lipinski definition) is 6. The third-order valence-electron chi connectivity index (χ3n) is 5.23. The Balaban J connectivity index is 2.15. The number of amides is 1. The lowest BCUT2D eigenvalue weighted by Crippen LogP contribution is -2.37. The summed E-state index contributed by atoms with van der Waals surface area (Å²) in [6.07, 6.45) is 1.10. The number of nitrogens with zero attached hydrogens (tertiary/aromatic N) is 3. The molecule has 0 spiro atoms. The van der Waals surface area contributed by atoms with Crippen LogP contribution in [0.5, 0.6) is 0 Å². The van der Waals surface area contributed by atoms with Gasteiger partial charge in [0.05, 0.1) is 23.7 Å². The van der Waals surface area contributed by atoms with Crippen molar-refractivity contribution in [2.75, 3.05) is 15.0 Å². The van der Waals surface area contributed by atoms with Gasteiger partial charge in [-0.05, 0) is 63.6 Å².